The fourth-order valence-electron chi connectivity index (χ4n) is 0.567. The SMILES string of the molecule is IBc1ccccc1.O.O. The van der Waals surface area contributed by atoms with E-state index in [1.165, 1.54) is 5.46 Å². The molecule has 0 saturated heterocycles. The maximum absolute atomic E-state index is 2.35. The largest absolute Gasteiger partial charge is 0.412 e. The molecule has 4 N–H and O–H groups in total. The van der Waals surface area contributed by atoms with Crippen molar-refractivity contribution in [2.24, 2.45) is 0 Å². The molecule has 0 fully saturated rings. The summed E-state index contributed by atoms with van der Waals surface area (Å²) in [6, 6.07) is 10.4. The first-order chi connectivity index (χ1) is 3.93. The van der Waals surface area contributed by atoms with Crippen LogP contribution in [-0.2, 0) is 0 Å². The summed E-state index contributed by atoms with van der Waals surface area (Å²) in [5, 5.41) is 1.11. The van der Waals surface area contributed by atoms with Crippen molar-refractivity contribution in [3.8, 4) is 0 Å². The molecule has 1 aromatic rings. The zero-order valence-corrected chi connectivity index (χ0v) is 7.63. The van der Waals surface area contributed by atoms with Gasteiger partial charge in [0.2, 0.25) is 5.14 Å². The van der Waals surface area contributed by atoms with Crippen LogP contribution in [0.4, 0.5) is 0 Å². The van der Waals surface area contributed by atoms with Gasteiger partial charge < -0.3 is 11.0 Å². The molecule has 10 heavy (non-hydrogen) atoms. The van der Waals surface area contributed by atoms with Gasteiger partial charge in [0.15, 0.2) is 0 Å². The first-order valence-electron chi connectivity index (χ1n) is 2.53. The second-order valence-corrected chi connectivity index (χ2v) is 2.38. The molecule has 0 radical (unpaired) electrons. The van der Waals surface area contributed by atoms with Gasteiger partial charge in [-0.2, -0.15) is 0 Å². The minimum absolute atomic E-state index is 0. The third kappa shape index (κ3) is 3.87. The predicted molar refractivity (Wildman–Crippen MR) is 54.5 cm³/mol. The minimum atomic E-state index is 0. The summed E-state index contributed by atoms with van der Waals surface area (Å²) in [5.74, 6) is 0. The zero-order chi connectivity index (χ0) is 5.82. The lowest BCUT2D eigenvalue weighted by Crippen LogP contribution is -2.04. The lowest BCUT2D eigenvalue weighted by Gasteiger charge is -1.87. The topological polar surface area (TPSA) is 63.0 Å². The Morgan fingerprint density at radius 2 is 1.50 bits per heavy atom. The van der Waals surface area contributed by atoms with Gasteiger partial charge in [0.1, 0.15) is 0 Å². The van der Waals surface area contributed by atoms with Gasteiger partial charge in [0, 0.05) is 0 Å². The van der Waals surface area contributed by atoms with Crippen molar-refractivity contribution in [3.05, 3.63) is 30.3 Å². The molecule has 0 unspecified atom stereocenters. The molecule has 0 aliphatic heterocycles. The van der Waals surface area contributed by atoms with Crippen LogP contribution in [-0.4, -0.2) is 16.1 Å². The second-order valence-electron chi connectivity index (χ2n) is 1.62. The Labute approximate surface area is 74.4 Å². The monoisotopic (exact) mass is 252 g/mol. The molecule has 0 spiro atoms. The summed E-state index contributed by atoms with van der Waals surface area (Å²) >= 11 is 2.35. The van der Waals surface area contributed by atoms with Gasteiger partial charge in [-0.15, -0.1) is 22.4 Å². The van der Waals surface area contributed by atoms with Gasteiger partial charge in [-0.1, -0.05) is 35.8 Å². The molecule has 1 aromatic carbocycles. The van der Waals surface area contributed by atoms with Crippen LogP contribution in [0.15, 0.2) is 30.3 Å². The van der Waals surface area contributed by atoms with Crippen molar-refractivity contribution in [1.29, 1.82) is 0 Å². The van der Waals surface area contributed by atoms with Gasteiger partial charge in [-0.05, 0) is 0 Å². The van der Waals surface area contributed by atoms with E-state index in [2.05, 4.69) is 46.6 Å². The highest BCUT2D eigenvalue weighted by atomic mass is 127. The molecule has 1 rings (SSSR count). The molecule has 0 aromatic heterocycles. The van der Waals surface area contributed by atoms with Gasteiger partial charge in [-0.3, -0.25) is 0 Å². The van der Waals surface area contributed by atoms with E-state index >= 15 is 0 Å². The van der Waals surface area contributed by atoms with Crippen molar-refractivity contribution in [2.45, 2.75) is 0 Å². The van der Waals surface area contributed by atoms with Crippen LogP contribution in [0.1, 0.15) is 0 Å². The molecule has 0 atom stereocenters. The number of benzene rings is 1. The summed E-state index contributed by atoms with van der Waals surface area (Å²) in [6.45, 7) is 0. The van der Waals surface area contributed by atoms with Crippen LogP contribution < -0.4 is 5.46 Å². The standard InChI is InChI=1S/C6H6BI.2H2O/c8-7-6-4-2-1-3-5-6;;/h1-5,7H;2*1H2. The van der Waals surface area contributed by atoms with Crippen LogP contribution in [0.2, 0.25) is 0 Å². The molecular weight excluding hydrogens is 242 g/mol. The van der Waals surface area contributed by atoms with E-state index in [4.69, 9.17) is 0 Å². The molecule has 2 nitrogen and oxygen atoms in total. The number of hydrogen-bond donors (Lipinski definition) is 0. The van der Waals surface area contributed by atoms with E-state index in [0.29, 0.717) is 0 Å². The molecule has 4 heteroatoms. The molecule has 0 aliphatic rings. The third-order valence-corrected chi connectivity index (χ3v) is 1.88. The van der Waals surface area contributed by atoms with Crippen LogP contribution in [0, 0.1) is 0 Å². The Balaban J connectivity index is 0. The molecule has 0 heterocycles. The number of halogens is 1. The van der Waals surface area contributed by atoms with E-state index < -0.39 is 0 Å². The lowest BCUT2D eigenvalue weighted by atomic mass is 9.97. The Kier molecular flexibility index (Phi) is 8.88. The molecule has 0 saturated carbocycles. The summed E-state index contributed by atoms with van der Waals surface area (Å²) in [7, 11) is 0. The minimum Gasteiger partial charge on any atom is -0.412 e. The first kappa shape index (κ1) is 12.6. The average molecular weight is 252 g/mol. The number of rotatable bonds is 1. The maximum Gasteiger partial charge on any atom is 0.232 e. The summed E-state index contributed by atoms with van der Waals surface area (Å²) in [5.41, 5.74) is 1.40. The normalized spacial score (nSPS) is 6.90. The molecule has 0 bridgehead atoms. The Morgan fingerprint density at radius 3 is 1.80 bits per heavy atom. The predicted octanol–water partition coefficient (Wildman–Crippen LogP) is -0.551. The fraction of sp³-hybridized carbons (Fsp3) is 0. The van der Waals surface area contributed by atoms with Gasteiger partial charge in [0.25, 0.3) is 0 Å². The highest BCUT2D eigenvalue weighted by molar-refractivity contribution is 14.1. The van der Waals surface area contributed by atoms with E-state index in [1.54, 1.807) is 0 Å². The maximum atomic E-state index is 2.35. The van der Waals surface area contributed by atoms with Crippen molar-refractivity contribution in [3.63, 3.8) is 0 Å². The van der Waals surface area contributed by atoms with Crippen molar-refractivity contribution in [2.75, 3.05) is 0 Å². The zero-order valence-electron chi connectivity index (χ0n) is 5.47. The smallest absolute Gasteiger partial charge is 0.232 e. The Bertz CT molecular complexity index is 157. The van der Waals surface area contributed by atoms with Crippen LogP contribution in [0.25, 0.3) is 0 Å². The van der Waals surface area contributed by atoms with Crippen LogP contribution in [0.3, 0.4) is 0 Å². The van der Waals surface area contributed by atoms with Crippen LogP contribution >= 0.6 is 22.4 Å². The molecule has 56 valence electrons. The van der Waals surface area contributed by atoms with Gasteiger partial charge in [-0.25, -0.2) is 0 Å². The molecule has 0 aliphatic carbocycles. The summed E-state index contributed by atoms with van der Waals surface area (Å²) < 4.78 is 0. The van der Waals surface area contributed by atoms with Crippen LogP contribution in [0.5, 0.6) is 0 Å². The highest BCUT2D eigenvalue weighted by Gasteiger charge is 1.84. The average Bonchev–Trinajstić information content (AvgIpc) is 1.90. The first-order valence-corrected chi connectivity index (χ1v) is 4.06. The number of hydrogen-bond acceptors (Lipinski definition) is 0. The highest BCUT2D eigenvalue weighted by Crippen LogP contribution is 1.83. The lowest BCUT2D eigenvalue weighted by molar-refractivity contribution is 0.823. The van der Waals surface area contributed by atoms with Crippen molar-refractivity contribution < 1.29 is 11.0 Å². The Morgan fingerprint density at radius 1 is 1.00 bits per heavy atom. The Hall–Kier alpha value is -0.0651. The van der Waals surface area contributed by atoms with Crippen molar-refractivity contribution in [1.82, 2.24) is 0 Å². The van der Waals surface area contributed by atoms with Gasteiger partial charge >= 0.3 is 0 Å². The quantitative estimate of drug-likeness (QED) is 0.475. The third-order valence-electron chi connectivity index (χ3n) is 0.997. The van der Waals surface area contributed by atoms with E-state index in [0.717, 1.165) is 5.14 Å². The van der Waals surface area contributed by atoms with E-state index in [9.17, 15) is 0 Å². The van der Waals surface area contributed by atoms with E-state index in [1.807, 2.05) is 6.07 Å². The summed E-state index contributed by atoms with van der Waals surface area (Å²) in [6.07, 6.45) is 0. The van der Waals surface area contributed by atoms with E-state index in [-0.39, 0.29) is 11.0 Å². The second kappa shape index (κ2) is 7.05. The fourth-order valence-corrected chi connectivity index (χ4v) is 1.08. The molecular formula is C6H10BIO2. The van der Waals surface area contributed by atoms with Gasteiger partial charge in [0.05, 0.1) is 0 Å². The summed E-state index contributed by atoms with van der Waals surface area (Å²) in [4.78, 5) is 0. The molecule has 0 amide bonds. The van der Waals surface area contributed by atoms with Crippen molar-refractivity contribution >= 4 is 33.0 Å².